The highest BCUT2D eigenvalue weighted by Gasteiger charge is 2.35. The van der Waals surface area contributed by atoms with Crippen LogP contribution < -0.4 is 88.0 Å². The molecule has 32 nitrogen and oxygen atoms in total. The summed E-state index contributed by atoms with van der Waals surface area (Å²) in [6, 6.07) is -6.32. The number of hydrogen-bond acceptors (Lipinski definition) is 17. The molecule has 0 aliphatic rings. The van der Waals surface area contributed by atoms with E-state index in [1.54, 1.807) is 44.3 Å². The molecule has 460 valence electrons. The first-order chi connectivity index (χ1) is 39.1. The largest absolute Gasteiger partial charge is 0.480 e. The van der Waals surface area contributed by atoms with Crippen LogP contribution in [-0.2, 0) is 68.7 Å². The fourth-order valence-corrected chi connectivity index (χ4v) is 8.21. The van der Waals surface area contributed by atoms with Crippen molar-refractivity contribution in [3.63, 3.8) is 0 Å². The second-order valence-electron chi connectivity index (χ2n) is 19.5. The first-order valence-corrected chi connectivity index (χ1v) is 27.2. The summed E-state index contributed by atoms with van der Waals surface area (Å²) >= 11 is 4.24. The molecule has 12 amide bonds. The van der Waals surface area contributed by atoms with Gasteiger partial charge in [0, 0.05) is 42.2 Å². The Hall–Kier alpha value is -8.59. The number of nitrogens with one attached hydrogen (secondary N) is 10. The van der Waals surface area contributed by atoms with Crippen molar-refractivity contribution >= 4 is 106 Å². The topological polar surface area (TPSA) is 561 Å². The van der Waals surface area contributed by atoms with Crippen molar-refractivity contribution in [3.8, 4) is 0 Å². The van der Waals surface area contributed by atoms with E-state index in [-0.39, 0.29) is 38.2 Å². The molecule has 1 aromatic heterocycles. The van der Waals surface area contributed by atoms with E-state index in [0.29, 0.717) is 42.3 Å². The number of H-pyrrole nitrogens is 1. The highest BCUT2D eigenvalue weighted by atomic mass is 32.1. The third-order valence-corrected chi connectivity index (χ3v) is 13.2. The summed E-state index contributed by atoms with van der Waals surface area (Å²) in [5.74, 6) is -14.3. The normalized spacial score (nSPS) is 14.6. The Morgan fingerprint density at radius 1 is 0.614 bits per heavy atom. The van der Waals surface area contributed by atoms with Crippen LogP contribution in [0.1, 0.15) is 90.5 Å². The number of thiol groups is 1. The summed E-state index contributed by atoms with van der Waals surface area (Å²) in [5, 5.41) is 31.8. The van der Waals surface area contributed by atoms with E-state index in [4.69, 9.17) is 40.1 Å². The minimum atomic E-state index is -1.64. The van der Waals surface area contributed by atoms with Crippen LogP contribution in [0.15, 0.2) is 35.5 Å². The molecule has 0 spiro atoms. The number of aliphatic imine (C=N–C) groups is 1. The van der Waals surface area contributed by atoms with Gasteiger partial charge in [-0.1, -0.05) is 44.9 Å². The number of aromatic nitrogens is 1. The lowest BCUT2D eigenvalue weighted by molar-refractivity contribution is -0.144. The van der Waals surface area contributed by atoms with Crippen molar-refractivity contribution in [3.05, 3.63) is 36.0 Å². The van der Waals surface area contributed by atoms with Crippen molar-refractivity contribution in [2.45, 2.75) is 146 Å². The number of carbonyl (C=O) groups excluding carboxylic acids is 12. The number of amides is 12. The first kappa shape index (κ1) is 70.5. The maximum absolute atomic E-state index is 14.2. The van der Waals surface area contributed by atoms with Gasteiger partial charge in [-0.2, -0.15) is 12.6 Å². The molecular formula is C50H80N18O14S. The van der Waals surface area contributed by atoms with Crippen molar-refractivity contribution in [2.75, 3.05) is 25.4 Å². The maximum Gasteiger partial charge on any atom is 0.326 e. The molecule has 0 aliphatic carbocycles. The Labute approximate surface area is 483 Å². The molecule has 0 bridgehead atoms. The van der Waals surface area contributed by atoms with Gasteiger partial charge in [-0.25, -0.2) is 4.79 Å². The number of carboxylic acids is 1. The summed E-state index contributed by atoms with van der Waals surface area (Å²) in [4.78, 5) is 177. The van der Waals surface area contributed by atoms with Crippen LogP contribution in [0.2, 0.25) is 0 Å². The standard InChI is InChI=1S/C50H80N18O14S/c1-4-24(2)40(49(81)82)68-47(79)33(19-37(54)70)62-39(72)22-60-43(75)30(13-9-17-58-50(56)57)63-41(73)25(3)61-44(76)31(14-15-36(53)69)64-48(80)35(23-83)67-45(77)32(18-26-21-59-29-12-6-5-10-27(26)29)66-46(78)34(20-38(55)71)65-42(74)28(52)11-7-8-16-51/h5-6,10,12,21,24-25,28,30-35,40,59,83H,4,7-9,11,13-20,22-23,51-52H2,1-3H3,(H2,53,69)(H2,54,70)(H2,55,71)(H,60,75)(H,61,76)(H,62,72)(H,63,73)(H,64,80)(H,65,74)(H,66,78)(H,67,77)(H,68,79)(H,81,82)(H4,56,57,58)/t24-,25-,28-,30-,31-,32-,33-,34-,35-,40-/m0/s1. The Morgan fingerprint density at radius 2 is 1.16 bits per heavy atom. The van der Waals surface area contributed by atoms with Crippen LogP contribution in [0.4, 0.5) is 0 Å². The van der Waals surface area contributed by atoms with Gasteiger partial charge < -0.3 is 98.1 Å². The Kier molecular flexibility index (Phi) is 30.6. The molecule has 0 unspecified atom stereocenters. The van der Waals surface area contributed by atoms with E-state index in [2.05, 4.69) is 70.5 Å². The highest BCUT2D eigenvalue weighted by Crippen LogP contribution is 2.20. The minimum absolute atomic E-state index is 0.0236. The second kappa shape index (κ2) is 36.0. The van der Waals surface area contributed by atoms with Crippen molar-refractivity contribution in [1.82, 2.24) is 52.8 Å². The summed E-state index contributed by atoms with van der Waals surface area (Å²) in [6.45, 7) is 3.95. The number of para-hydroxylation sites is 1. The second-order valence-corrected chi connectivity index (χ2v) is 19.9. The zero-order valence-electron chi connectivity index (χ0n) is 46.5. The number of guanidine groups is 1. The predicted octanol–water partition coefficient (Wildman–Crippen LogP) is -6.69. The first-order valence-electron chi connectivity index (χ1n) is 26.6. The lowest BCUT2D eigenvalue weighted by Crippen LogP contribution is -2.60. The lowest BCUT2D eigenvalue weighted by atomic mass is 9.98. The summed E-state index contributed by atoms with van der Waals surface area (Å²) < 4.78 is 0. The van der Waals surface area contributed by atoms with E-state index in [1.165, 1.54) is 6.92 Å². The molecule has 25 N–H and O–H groups in total. The number of rotatable bonds is 39. The molecule has 2 rings (SSSR count). The average Bonchev–Trinajstić information content (AvgIpc) is 3.93. The van der Waals surface area contributed by atoms with E-state index < -0.39 is 175 Å². The number of primary amides is 3. The molecule has 2 aromatic rings. The number of nitrogens with zero attached hydrogens (tertiary/aromatic N) is 1. The zero-order chi connectivity index (χ0) is 62.5. The van der Waals surface area contributed by atoms with E-state index in [0.717, 1.165) is 0 Å². The molecule has 0 saturated carbocycles. The molecule has 0 fully saturated rings. The Bertz CT molecular complexity index is 2650. The number of unbranched alkanes of at least 4 members (excludes halogenated alkanes) is 1. The molecule has 1 heterocycles. The van der Waals surface area contributed by atoms with Gasteiger partial charge in [-0.3, -0.25) is 62.5 Å². The number of aliphatic carboxylic acids is 1. The number of benzene rings is 1. The quantitative estimate of drug-likeness (QED) is 0.0128. The summed E-state index contributed by atoms with van der Waals surface area (Å²) in [6.07, 6.45) is 0.576. The zero-order valence-corrected chi connectivity index (χ0v) is 47.4. The van der Waals surface area contributed by atoms with Crippen LogP contribution in [0.25, 0.3) is 10.9 Å². The van der Waals surface area contributed by atoms with Gasteiger partial charge in [-0.15, -0.1) is 0 Å². The van der Waals surface area contributed by atoms with E-state index in [1.807, 2.05) is 0 Å². The summed E-state index contributed by atoms with van der Waals surface area (Å²) in [5.41, 5.74) is 39.7. The smallest absolute Gasteiger partial charge is 0.326 e. The monoisotopic (exact) mass is 1190 g/mol. The van der Waals surface area contributed by atoms with Crippen LogP contribution >= 0.6 is 12.6 Å². The van der Waals surface area contributed by atoms with Crippen LogP contribution in [-0.4, -0.2) is 173 Å². The van der Waals surface area contributed by atoms with Crippen molar-refractivity contribution in [1.29, 1.82) is 0 Å². The minimum Gasteiger partial charge on any atom is -0.480 e. The van der Waals surface area contributed by atoms with Gasteiger partial charge in [0.05, 0.1) is 25.4 Å². The van der Waals surface area contributed by atoms with Gasteiger partial charge in [0.1, 0.15) is 48.3 Å². The Morgan fingerprint density at radius 3 is 1.75 bits per heavy atom. The number of carbonyl (C=O) groups is 13. The fourth-order valence-electron chi connectivity index (χ4n) is 7.96. The van der Waals surface area contributed by atoms with Crippen LogP contribution in [0.5, 0.6) is 0 Å². The fraction of sp³-hybridized carbons (Fsp3) is 0.560. The molecule has 33 heteroatoms. The average molecular weight is 1190 g/mol. The van der Waals surface area contributed by atoms with Crippen molar-refractivity contribution < 1.29 is 67.4 Å². The third-order valence-electron chi connectivity index (χ3n) is 12.8. The van der Waals surface area contributed by atoms with Gasteiger partial charge >= 0.3 is 5.97 Å². The number of aromatic amines is 1. The number of nitrogens with two attached hydrogens (primary N) is 7. The van der Waals surface area contributed by atoms with E-state index in [9.17, 15) is 67.4 Å². The number of fused-ring (bicyclic) bond motifs is 1. The maximum atomic E-state index is 14.2. The SMILES string of the molecule is CC[C@H](C)[C@H](NC(=O)[C@H](CC(N)=O)NC(=O)CNC(=O)[C@H](CCCN=C(N)N)NC(=O)[C@H](C)NC(=O)[C@H](CCC(N)=O)NC(=O)[C@H](CS)NC(=O)[C@H](Cc1c[nH]c2ccccc12)NC(=O)[C@H](CC(N)=O)NC(=O)[C@@H](N)CCCCN)C(=O)O. The van der Waals surface area contributed by atoms with Gasteiger partial charge in [0.15, 0.2) is 5.96 Å². The Balaban J connectivity index is 2.33. The summed E-state index contributed by atoms with van der Waals surface area (Å²) in [7, 11) is 0. The predicted molar refractivity (Wildman–Crippen MR) is 304 cm³/mol. The van der Waals surface area contributed by atoms with E-state index >= 15 is 0 Å². The van der Waals surface area contributed by atoms with Crippen LogP contribution in [0.3, 0.4) is 0 Å². The third kappa shape index (κ3) is 25.4. The number of hydrogen-bond donors (Lipinski definition) is 19. The highest BCUT2D eigenvalue weighted by molar-refractivity contribution is 7.80. The van der Waals surface area contributed by atoms with Crippen molar-refractivity contribution in [2.24, 2.45) is 51.0 Å². The van der Waals surface area contributed by atoms with Gasteiger partial charge in [0.2, 0.25) is 70.9 Å². The van der Waals surface area contributed by atoms with Gasteiger partial charge in [-0.05, 0) is 63.1 Å². The van der Waals surface area contributed by atoms with Gasteiger partial charge in [0.25, 0.3) is 0 Å². The number of carboxylic acid groups (broad SMARTS) is 1. The van der Waals surface area contributed by atoms with Crippen LogP contribution in [0, 0.1) is 5.92 Å². The molecule has 0 radical (unpaired) electrons. The molecule has 10 atom stereocenters. The lowest BCUT2D eigenvalue weighted by Gasteiger charge is -2.27. The molecule has 0 saturated heterocycles. The molecule has 83 heavy (non-hydrogen) atoms. The molecular weight excluding hydrogens is 1110 g/mol. The molecule has 0 aliphatic heterocycles. The molecule has 1 aromatic carbocycles.